The Morgan fingerprint density at radius 1 is 1.36 bits per heavy atom. The summed E-state index contributed by atoms with van der Waals surface area (Å²) in [5.41, 5.74) is -0.164. The molecule has 0 unspecified atom stereocenters. The molecule has 66 valence electrons. The van der Waals surface area contributed by atoms with Crippen molar-refractivity contribution >= 4 is 0 Å². The minimum Gasteiger partial charge on any atom is -0.361 e. The summed E-state index contributed by atoms with van der Waals surface area (Å²) in [6.45, 7) is 9.50. The third-order valence-corrected chi connectivity index (χ3v) is 1.61. The molecule has 3 nitrogen and oxygen atoms in total. The molecule has 3 heteroatoms. The molecule has 0 aliphatic carbocycles. The Hall–Kier alpha value is -0.120. The molecule has 1 fully saturated rings. The number of nitrogens with zero attached hydrogens (tertiary/aromatic N) is 1. The summed E-state index contributed by atoms with van der Waals surface area (Å²) in [5.74, 6) is 0. The highest BCUT2D eigenvalue weighted by atomic mass is 16.8. The molecule has 0 spiro atoms. The summed E-state index contributed by atoms with van der Waals surface area (Å²) in [7, 11) is 0. The first-order valence-corrected chi connectivity index (χ1v) is 4.05. The van der Waals surface area contributed by atoms with Gasteiger partial charge in [-0.15, -0.1) is 0 Å². The van der Waals surface area contributed by atoms with Crippen LogP contribution in [0.15, 0.2) is 0 Å². The first-order valence-electron chi connectivity index (χ1n) is 4.05. The third-order valence-electron chi connectivity index (χ3n) is 1.61. The van der Waals surface area contributed by atoms with E-state index < -0.39 is 0 Å². The van der Waals surface area contributed by atoms with Crippen molar-refractivity contribution in [1.82, 2.24) is 5.06 Å². The van der Waals surface area contributed by atoms with Crippen molar-refractivity contribution < 1.29 is 9.57 Å². The second kappa shape index (κ2) is 3.09. The zero-order chi connectivity index (χ0) is 8.48. The van der Waals surface area contributed by atoms with Crippen LogP contribution < -0.4 is 0 Å². The molecule has 1 aliphatic rings. The van der Waals surface area contributed by atoms with Gasteiger partial charge in [-0.2, -0.15) is 5.06 Å². The average molecular weight is 159 g/mol. The molecule has 0 radical (unpaired) electrons. The predicted molar refractivity (Wildman–Crippen MR) is 43.0 cm³/mol. The van der Waals surface area contributed by atoms with Gasteiger partial charge in [0.15, 0.2) is 0 Å². The normalized spacial score (nSPS) is 25.9. The zero-order valence-corrected chi connectivity index (χ0v) is 7.76. The molecule has 1 heterocycles. The van der Waals surface area contributed by atoms with E-state index in [1.807, 2.05) is 18.9 Å². The number of hydroxylamine groups is 2. The highest BCUT2D eigenvalue weighted by Gasteiger charge is 2.29. The highest BCUT2D eigenvalue weighted by molar-refractivity contribution is 4.69. The molecule has 0 bridgehead atoms. The third kappa shape index (κ3) is 2.43. The van der Waals surface area contributed by atoms with E-state index in [2.05, 4.69) is 13.8 Å². The molecule has 11 heavy (non-hydrogen) atoms. The SMILES string of the molecule is CC(C)N1COCC(C)(C)O1. The van der Waals surface area contributed by atoms with Crippen LogP contribution in [0.25, 0.3) is 0 Å². The maximum Gasteiger partial charge on any atom is 0.122 e. The Bertz CT molecular complexity index is 134. The first kappa shape index (κ1) is 8.97. The first-order chi connectivity index (χ1) is 5.01. The van der Waals surface area contributed by atoms with E-state index >= 15 is 0 Å². The molecule has 0 saturated carbocycles. The minimum absolute atomic E-state index is 0.164. The van der Waals surface area contributed by atoms with Crippen LogP contribution in [0, 0.1) is 0 Å². The molecule has 0 amide bonds. The molecule has 1 rings (SSSR count). The van der Waals surface area contributed by atoms with Gasteiger partial charge in [0.25, 0.3) is 0 Å². The van der Waals surface area contributed by atoms with Gasteiger partial charge >= 0.3 is 0 Å². The lowest BCUT2D eigenvalue weighted by Crippen LogP contribution is -2.48. The second-order valence-electron chi connectivity index (χ2n) is 3.84. The maximum atomic E-state index is 5.64. The van der Waals surface area contributed by atoms with Crippen molar-refractivity contribution in [3.63, 3.8) is 0 Å². The Morgan fingerprint density at radius 3 is 2.36 bits per heavy atom. The lowest BCUT2D eigenvalue weighted by Gasteiger charge is -2.39. The van der Waals surface area contributed by atoms with E-state index in [-0.39, 0.29) is 5.60 Å². The van der Waals surface area contributed by atoms with Crippen molar-refractivity contribution in [3.05, 3.63) is 0 Å². The molecule has 0 N–H and O–H groups in total. The van der Waals surface area contributed by atoms with Crippen LogP contribution in [0.3, 0.4) is 0 Å². The van der Waals surface area contributed by atoms with Gasteiger partial charge in [0.05, 0.1) is 6.61 Å². The zero-order valence-electron chi connectivity index (χ0n) is 7.76. The van der Waals surface area contributed by atoms with Crippen molar-refractivity contribution in [2.24, 2.45) is 0 Å². The summed E-state index contributed by atoms with van der Waals surface area (Å²) < 4.78 is 5.36. The van der Waals surface area contributed by atoms with E-state index in [0.29, 0.717) is 19.4 Å². The van der Waals surface area contributed by atoms with Gasteiger partial charge in [0.1, 0.15) is 12.3 Å². The Labute approximate surface area is 68.2 Å². The Kier molecular flexibility index (Phi) is 2.52. The minimum atomic E-state index is -0.164. The number of hydrogen-bond donors (Lipinski definition) is 0. The van der Waals surface area contributed by atoms with E-state index in [1.54, 1.807) is 0 Å². The molecule has 0 aromatic heterocycles. The van der Waals surface area contributed by atoms with Gasteiger partial charge in [0, 0.05) is 6.04 Å². The highest BCUT2D eigenvalue weighted by Crippen LogP contribution is 2.18. The quantitative estimate of drug-likeness (QED) is 0.577. The lowest BCUT2D eigenvalue weighted by atomic mass is 10.1. The van der Waals surface area contributed by atoms with Gasteiger partial charge in [0.2, 0.25) is 0 Å². The van der Waals surface area contributed by atoms with E-state index in [4.69, 9.17) is 9.57 Å². The van der Waals surface area contributed by atoms with Crippen LogP contribution in [-0.4, -0.2) is 30.0 Å². The fourth-order valence-electron chi connectivity index (χ4n) is 1.01. The maximum absolute atomic E-state index is 5.64. The molecular formula is C8H17NO2. The second-order valence-corrected chi connectivity index (χ2v) is 3.84. The van der Waals surface area contributed by atoms with Crippen LogP contribution in [0.2, 0.25) is 0 Å². The molecule has 0 aromatic carbocycles. The van der Waals surface area contributed by atoms with Crippen LogP contribution >= 0.6 is 0 Å². The summed E-state index contributed by atoms with van der Waals surface area (Å²) >= 11 is 0. The van der Waals surface area contributed by atoms with Gasteiger partial charge in [-0.1, -0.05) is 0 Å². The van der Waals surface area contributed by atoms with E-state index in [1.165, 1.54) is 0 Å². The van der Waals surface area contributed by atoms with Crippen LogP contribution in [0.1, 0.15) is 27.7 Å². The van der Waals surface area contributed by atoms with E-state index in [9.17, 15) is 0 Å². The summed E-state index contributed by atoms with van der Waals surface area (Å²) in [5, 5.41) is 1.86. The number of ether oxygens (including phenoxy) is 1. The average Bonchev–Trinajstić information content (AvgIpc) is 1.85. The largest absolute Gasteiger partial charge is 0.361 e. The van der Waals surface area contributed by atoms with Crippen molar-refractivity contribution in [3.8, 4) is 0 Å². The van der Waals surface area contributed by atoms with Gasteiger partial charge in [-0.3, -0.25) is 4.84 Å². The lowest BCUT2D eigenvalue weighted by molar-refractivity contribution is -0.334. The predicted octanol–water partition coefficient (Wildman–Crippen LogP) is 1.39. The fraction of sp³-hybridized carbons (Fsp3) is 1.00. The van der Waals surface area contributed by atoms with Crippen molar-refractivity contribution in [1.29, 1.82) is 0 Å². The monoisotopic (exact) mass is 159 g/mol. The fourth-order valence-corrected chi connectivity index (χ4v) is 1.01. The van der Waals surface area contributed by atoms with Gasteiger partial charge in [-0.05, 0) is 27.7 Å². The van der Waals surface area contributed by atoms with Gasteiger partial charge < -0.3 is 4.74 Å². The number of hydrogen-bond acceptors (Lipinski definition) is 3. The topological polar surface area (TPSA) is 21.7 Å². The smallest absolute Gasteiger partial charge is 0.122 e. The molecule has 0 atom stereocenters. The van der Waals surface area contributed by atoms with Crippen LogP contribution in [-0.2, 0) is 9.57 Å². The summed E-state index contributed by atoms with van der Waals surface area (Å²) in [6, 6.07) is 0.384. The number of rotatable bonds is 1. The molecule has 1 saturated heterocycles. The summed E-state index contributed by atoms with van der Waals surface area (Å²) in [6.07, 6.45) is 0. The molecular weight excluding hydrogens is 142 g/mol. The molecule has 1 aliphatic heterocycles. The summed E-state index contributed by atoms with van der Waals surface area (Å²) in [4.78, 5) is 5.64. The van der Waals surface area contributed by atoms with Crippen molar-refractivity contribution in [2.45, 2.75) is 39.3 Å². The van der Waals surface area contributed by atoms with Crippen LogP contribution in [0.4, 0.5) is 0 Å². The van der Waals surface area contributed by atoms with E-state index in [0.717, 1.165) is 0 Å². The Morgan fingerprint density at radius 2 is 2.00 bits per heavy atom. The Balaban J connectivity index is 2.46. The molecule has 0 aromatic rings. The standard InChI is InChI=1S/C8H17NO2/c1-7(2)9-6-10-5-8(3,4)11-9/h7H,5-6H2,1-4H3. The van der Waals surface area contributed by atoms with Crippen LogP contribution in [0.5, 0.6) is 0 Å². The van der Waals surface area contributed by atoms with Crippen molar-refractivity contribution in [2.75, 3.05) is 13.3 Å². The van der Waals surface area contributed by atoms with Gasteiger partial charge in [-0.25, -0.2) is 0 Å².